The summed E-state index contributed by atoms with van der Waals surface area (Å²) in [5, 5.41) is 20.5. The molecule has 2 N–H and O–H groups in total. The number of benzene rings is 6. The van der Waals surface area contributed by atoms with Crippen LogP contribution in [0.25, 0.3) is 39.1 Å². The zero-order valence-corrected chi connectivity index (χ0v) is 33.2. The molecule has 1 aliphatic heterocycles. The van der Waals surface area contributed by atoms with Crippen LogP contribution < -0.4 is 8.61 Å². The summed E-state index contributed by atoms with van der Waals surface area (Å²) in [7, 11) is -9.29. The van der Waals surface area contributed by atoms with Gasteiger partial charge in [-0.25, -0.2) is 16.8 Å². The summed E-state index contributed by atoms with van der Waals surface area (Å²) in [5.74, 6) is -3.35. The van der Waals surface area contributed by atoms with E-state index < -0.39 is 45.1 Å². The third-order valence-corrected chi connectivity index (χ3v) is 13.6. The Morgan fingerprint density at radius 2 is 0.983 bits per heavy atom. The number of rotatable bonds is 14. The molecular weight excluding hydrogens is 791 g/mol. The van der Waals surface area contributed by atoms with E-state index in [1.54, 1.807) is 41.3 Å². The second kappa shape index (κ2) is 17.0. The van der Waals surface area contributed by atoms with Crippen LogP contribution in [0.15, 0.2) is 155 Å². The molecule has 1 fully saturated rings. The molecule has 1 amide bonds. The summed E-state index contributed by atoms with van der Waals surface area (Å²) in [6.07, 6.45) is 4.14. The Bertz CT molecular complexity index is 2770. The largest absolute Gasteiger partial charge is 0.480 e. The van der Waals surface area contributed by atoms with E-state index in [4.69, 9.17) is 0 Å². The molecule has 0 spiro atoms. The Balaban J connectivity index is 1.42. The van der Waals surface area contributed by atoms with E-state index in [-0.39, 0.29) is 43.4 Å². The van der Waals surface area contributed by atoms with Crippen molar-refractivity contribution in [3.63, 3.8) is 0 Å². The summed E-state index contributed by atoms with van der Waals surface area (Å²) in [5.41, 5.74) is 2.81. The smallest absolute Gasteiger partial charge is 0.324 e. The number of carboxylic acids is 2. The minimum absolute atomic E-state index is 0.0398. The molecule has 14 heteroatoms. The number of carbonyl (C=O) groups is 3. The average molecular weight is 830 g/mol. The van der Waals surface area contributed by atoms with Crippen LogP contribution in [0.4, 0.5) is 11.4 Å². The summed E-state index contributed by atoms with van der Waals surface area (Å²) in [6, 6.07) is 37.9. The first-order valence-corrected chi connectivity index (χ1v) is 21.6. The van der Waals surface area contributed by atoms with Gasteiger partial charge in [-0.15, -0.1) is 0 Å². The van der Waals surface area contributed by atoms with E-state index in [1.807, 2.05) is 60.7 Å². The molecule has 1 saturated heterocycles. The standard InChI is InChI=1S/C45H39N3O9S2/c49-42(46-27-9-10-28-46)26-21-36-29-41(47(30-43(50)51)58(54,55)37-22-17-34(18-23-37)32-11-3-1-4-12-32)39-15-7-8-16-40(39)45(36)48(31-44(52)53)59(56,57)38-24-19-35(20-25-38)33-13-5-2-6-14-33/h1-8,11-26,29H,9-10,27-28,30-31H2,(H,50,51)(H,52,53)/b26-21-. The van der Waals surface area contributed by atoms with Gasteiger partial charge >= 0.3 is 11.9 Å². The third-order valence-electron chi connectivity index (χ3n) is 10.0. The number of aliphatic carboxylic acids is 2. The van der Waals surface area contributed by atoms with Crippen LogP contribution in [-0.2, 0) is 34.4 Å². The van der Waals surface area contributed by atoms with Gasteiger partial charge in [0.2, 0.25) is 5.91 Å². The second-order valence-corrected chi connectivity index (χ2v) is 17.6. The number of carboxylic acid groups (broad SMARTS) is 2. The number of anilines is 2. The maximum atomic E-state index is 14.7. The highest BCUT2D eigenvalue weighted by Crippen LogP contribution is 2.42. The van der Waals surface area contributed by atoms with Gasteiger partial charge in [-0.3, -0.25) is 23.0 Å². The minimum atomic E-state index is -4.67. The molecule has 300 valence electrons. The molecule has 1 heterocycles. The minimum Gasteiger partial charge on any atom is -0.480 e. The highest BCUT2D eigenvalue weighted by Gasteiger charge is 2.34. The van der Waals surface area contributed by atoms with E-state index >= 15 is 0 Å². The highest BCUT2D eigenvalue weighted by atomic mass is 32.2. The molecule has 59 heavy (non-hydrogen) atoms. The highest BCUT2D eigenvalue weighted by molar-refractivity contribution is 7.93. The summed E-state index contributed by atoms with van der Waals surface area (Å²) < 4.78 is 59.9. The van der Waals surface area contributed by atoms with Gasteiger partial charge in [-0.05, 0) is 71.5 Å². The zero-order valence-electron chi connectivity index (χ0n) is 31.6. The molecule has 0 radical (unpaired) electrons. The van der Waals surface area contributed by atoms with Crippen LogP contribution in [0.3, 0.4) is 0 Å². The Labute approximate surface area is 342 Å². The molecule has 1 aliphatic rings. The van der Waals surface area contributed by atoms with E-state index in [0.717, 1.165) is 43.7 Å². The molecule has 0 unspecified atom stereocenters. The Morgan fingerprint density at radius 3 is 1.47 bits per heavy atom. The van der Waals surface area contributed by atoms with Crippen molar-refractivity contribution in [1.82, 2.24) is 4.90 Å². The average Bonchev–Trinajstić information content (AvgIpc) is 3.80. The predicted octanol–water partition coefficient (Wildman–Crippen LogP) is 7.37. The van der Waals surface area contributed by atoms with Crippen LogP contribution >= 0.6 is 0 Å². The van der Waals surface area contributed by atoms with Crippen LogP contribution in [0.5, 0.6) is 0 Å². The van der Waals surface area contributed by atoms with Crippen LogP contribution in [0, 0.1) is 0 Å². The van der Waals surface area contributed by atoms with Crippen LogP contribution in [0.2, 0.25) is 0 Å². The van der Waals surface area contributed by atoms with Crippen molar-refractivity contribution >= 4 is 66.1 Å². The van der Waals surface area contributed by atoms with Crippen molar-refractivity contribution in [3.8, 4) is 22.3 Å². The first kappa shape index (κ1) is 40.4. The lowest BCUT2D eigenvalue weighted by atomic mass is 10.0. The number of hydrogen-bond acceptors (Lipinski definition) is 7. The van der Waals surface area contributed by atoms with Crippen molar-refractivity contribution in [3.05, 3.63) is 151 Å². The lowest BCUT2D eigenvalue weighted by Crippen LogP contribution is -2.37. The second-order valence-electron chi connectivity index (χ2n) is 13.8. The fraction of sp³-hybridized carbons (Fsp3) is 0.133. The fourth-order valence-electron chi connectivity index (χ4n) is 7.16. The molecular formula is C45H39N3O9S2. The topological polar surface area (TPSA) is 170 Å². The van der Waals surface area contributed by atoms with Crippen LogP contribution in [0.1, 0.15) is 18.4 Å². The van der Waals surface area contributed by atoms with Gasteiger partial charge in [0.05, 0.1) is 21.2 Å². The summed E-state index contributed by atoms with van der Waals surface area (Å²) in [6.45, 7) is -1.05. The number of likely N-dealkylation sites (tertiary alicyclic amines) is 1. The molecule has 6 aromatic rings. The number of nitrogens with zero attached hydrogens (tertiary/aromatic N) is 3. The molecule has 0 atom stereocenters. The van der Waals surface area contributed by atoms with Gasteiger partial charge in [-0.2, -0.15) is 0 Å². The van der Waals surface area contributed by atoms with E-state index in [9.17, 15) is 41.4 Å². The van der Waals surface area contributed by atoms with Crippen molar-refractivity contribution in [2.45, 2.75) is 22.6 Å². The third kappa shape index (κ3) is 8.59. The van der Waals surface area contributed by atoms with E-state index in [1.165, 1.54) is 54.6 Å². The number of carbonyl (C=O) groups excluding carboxylic acids is 1. The van der Waals surface area contributed by atoms with Crippen molar-refractivity contribution < 1.29 is 41.4 Å². The normalized spacial score (nSPS) is 13.1. The lowest BCUT2D eigenvalue weighted by molar-refractivity contribution is -0.136. The summed E-state index contributed by atoms with van der Waals surface area (Å²) >= 11 is 0. The molecule has 0 bridgehead atoms. The van der Waals surface area contributed by atoms with Gasteiger partial charge in [0, 0.05) is 35.5 Å². The van der Waals surface area contributed by atoms with Crippen molar-refractivity contribution in [2.24, 2.45) is 0 Å². The lowest BCUT2D eigenvalue weighted by Gasteiger charge is -2.30. The van der Waals surface area contributed by atoms with Gasteiger partial charge in [0.1, 0.15) is 13.1 Å². The van der Waals surface area contributed by atoms with Gasteiger partial charge in [0.25, 0.3) is 20.0 Å². The Kier molecular flexibility index (Phi) is 11.6. The number of sulfonamides is 2. The van der Waals surface area contributed by atoms with Gasteiger partial charge in [0.15, 0.2) is 0 Å². The van der Waals surface area contributed by atoms with Crippen molar-refractivity contribution in [1.29, 1.82) is 0 Å². The quantitative estimate of drug-likeness (QED) is 0.107. The van der Waals surface area contributed by atoms with Gasteiger partial charge in [-0.1, -0.05) is 109 Å². The molecule has 12 nitrogen and oxygen atoms in total. The SMILES string of the molecule is O=C(O)CN(c1cc(/C=C\C(=O)N2CCCC2)c(N(CC(=O)O)S(=O)(=O)c2ccc(-c3ccccc3)cc2)c2ccccc12)S(=O)(=O)c1ccc(-c2ccccc2)cc1. The number of fused-ring (bicyclic) bond motifs is 1. The monoisotopic (exact) mass is 829 g/mol. The predicted molar refractivity (Wildman–Crippen MR) is 227 cm³/mol. The van der Waals surface area contributed by atoms with E-state index in [2.05, 4.69) is 0 Å². The summed E-state index contributed by atoms with van der Waals surface area (Å²) in [4.78, 5) is 39.6. The molecule has 6 aromatic carbocycles. The molecule has 0 aromatic heterocycles. The number of amides is 1. The Morgan fingerprint density at radius 1 is 0.559 bits per heavy atom. The first-order chi connectivity index (χ1) is 28.3. The zero-order chi connectivity index (χ0) is 41.7. The molecule has 0 saturated carbocycles. The van der Waals surface area contributed by atoms with Crippen LogP contribution in [-0.4, -0.2) is 76.0 Å². The Hall–Kier alpha value is -6.77. The fourth-order valence-corrected chi connectivity index (χ4v) is 10.0. The van der Waals surface area contributed by atoms with E-state index in [0.29, 0.717) is 13.1 Å². The maximum Gasteiger partial charge on any atom is 0.324 e. The molecule has 7 rings (SSSR count). The first-order valence-electron chi connectivity index (χ1n) is 18.7. The van der Waals surface area contributed by atoms with Gasteiger partial charge < -0.3 is 15.1 Å². The molecule has 0 aliphatic carbocycles. The maximum absolute atomic E-state index is 14.7. The van der Waals surface area contributed by atoms with Crippen molar-refractivity contribution in [2.75, 3.05) is 34.8 Å². The number of hydrogen-bond donors (Lipinski definition) is 2.